The Hall–Kier alpha value is -2.39. The van der Waals surface area contributed by atoms with Crippen LogP contribution in [0.2, 0.25) is 5.02 Å². The number of anilines is 1. The van der Waals surface area contributed by atoms with E-state index in [2.05, 4.69) is 58.7 Å². The van der Waals surface area contributed by atoms with Crippen LogP contribution < -0.4 is 5.32 Å². The molecule has 5 aromatic rings. The molecule has 3 aromatic carbocycles. The van der Waals surface area contributed by atoms with Crippen molar-refractivity contribution in [3.63, 3.8) is 0 Å². The SMILES string of the molecule is Cl.O=C(CCCSc1ccc(Cl)cc1)Nc1sc2c(c1-c1nc3ccccc3s1)CCN(Cc1ccccc1)C2. The number of rotatable bonds is 9. The molecule has 0 saturated heterocycles. The van der Waals surface area contributed by atoms with E-state index in [-0.39, 0.29) is 18.3 Å². The molecule has 0 radical (unpaired) electrons. The van der Waals surface area contributed by atoms with Crippen molar-refractivity contribution >= 4 is 79.6 Å². The molecule has 0 aliphatic carbocycles. The number of hydrogen-bond acceptors (Lipinski definition) is 6. The van der Waals surface area contributed by atoms with E-state index in [1.165, 1.54) is 25.6 Å². The molecule has 0 spiro atoms. The van der Waals surface area contributed by atoms with Crippen molar-refractivity contribution in [1.29, 1.82) is 0 Å². The Labute approximate surface area is 258 Å². The second kappa shape index (κ2) is 13.5. The highest BCUT2D eigenvalue weighted by Gasteiger charge is 2.27. The van der Waals surface area contributed by atoms with Crippen molar-refractivity contribution in [3.05, 3.63) is 99.9 Å². The molecule has 0 saturated carbocycles. The lowest BCUT2D eigenvalue weighted by molar-refractivity contribution is -0.116. The highest BCUT2D eigenvalue weighted by molar-refractivity contribution is 7.99. The van der Waals surface area contributed by atoms with Crippen molar-refractivity contribution in [2.45, 2.75) is 37.2 Å². The van der Waals surface area contributed by atoms with Crippen molar-refractivity contribution in [2.75, 3.05) is 17.6 Å². The van der Waals surface area contributed by atoms with Crippen LogP contribution in [-0.2, 0) is 24.3 Å². The molecule has 1 amide bonds. The fourth-order valence-corrected chi connectivity index (χ4v) is 8.26. The van der Waals surface area contributed by atoms with Gasteiger partial charge in [0.2, 0.25) is 5.91 Å². The summed E-state index contributed by atoms with van der Waals surface area (Å²) in [6.07, 6.45) is 2.26. The number of hydrogen-bond donors (Lipinski definition) is 1. The first kappa shape index (κ1) is 29.1. The summed E-state index contributed by atoms with van der Waals surface area (Å²) in [4.78, 5) is 23.1. The molecule has 0 fully saturated rings. The smallest absolute Gasteiger partial charge is 0.225 e. The number of halogens is 2. The maximum atomic E-state index is 13.1. The summed E-state index contributed by atoms with van der Waals surface area (Å²) in [5.41, 5.74) is 4.81. The molecule has 1 aliphatic heterocycles. The number of amides is 1. The van der Waals surface area contributed by atoms with Crippen LogP contribution in [0.5, 0.6) is 0 Å². The molecule has 4 nitrogen and oxygen atoms in total. The number of nitrogens with zero attached hydrogens (tertiary/aromatic N) is 2. The average molecular weight is 627 g/mol. The largest absolute Gasteiger partial charge is 0.317 e. The summed E-state index contributed by atoms with van der Waals surface area (Å²) in [6, 6.07) is 26.8. The molecule has 2 aromatic heterocycles. The minimum absolute atomic E-state index is 0. The molecule has 0 unspecified atom stereocenters. The zero-order chi connectivity index (χ0) is 26.6. The van der Waals surface area contributed by atoms with Gasteiger partial charge in [0.1, 0.15) is 10.0 Å². The van der Waals surface area contributed by atoms with Gasteiger partial charge < -0.3 is 5.32 Å². The second-order valence-corrected chi connectivity index (χ2v) is 13.3. The summed E-state index contributed by atoms with van der Waals surface area (Å²) in [7, 11) is 0. The van der Waals surface area contributed by atoms with E-state index in [0.717, 1.165) is 64.3 Å². The Kier molecular flexibility index (Phi) is 9.84. The monoisotopic (exact) mass is 625 g/mol. The summed E-state index contributed by atoms with van der Waals surface area (Å²) >= 11 is 11.2. The molecule has 1 aliphatic rings. The number of thioether (sulfide) groups is 1. The van der Waals surface area contributed by atoms with Crippen molar-refractivity contribution in [2.24, 2.45) is 0 Å². The number of aromatic nitrogens is 1. The minimum atomic E-state index is 0. The third-order valence-electron chi connectivity index (χ3n) is 6.78. The van der Waals surface area contributed by atoms with Crippen LogP contribution in [0, 0.1) is 0 Å². The van der Waals surface area contributed by atoms with Crippen LogP contribution in [0.25, 0.3) is 20.8 Å². The lowest BCUT2D eigenvalue weighted by Gasteiger charge is -2.27. The highest BCUT2D eigenvalue weighted by atomic mass is 35.5. The number of nitrogens with one attached hydrogen (secondary N) is 1. The Bertz CT molecular complexity index is 1550. The zero-order valence-electron chi connectivity index (χ0n) is 21.8. The predicted molar refractivity (Wildman–Crippen MR) is 174 cm³/mol. The number of benzene rings is 3. The van der Waals surface area contributed by atoms with Gasteiger partial charge in [0, 0.05) is 46.4 Å². The molecule has 40 heavy (non-hydrogen) atoms. The van der Waals surface area contributed by atoms with Gasteiger partial charge in [-0.2, -0.15) is 0 Å². The molecule has 9 heteroatoms. The lowest BCUT2D eigenvalue weighted by atomic mass is 10.0. The average Bonchev–Trinajstić information content (AvgIpc) is 3.53. The topological polar surface area (TPSA) is 45.2 Å². The number of carbonyl (C=O) groups is 1. The standard InChI is InChI=1S/C31H28ClN3OS3.ClH/c32-22-12-14-23(15-13-22)37-18-6-11-28(36)34-31-29(30-33-25-9-4-5-10-26(25)38-30)24-16-17-35(20-27(24)39-31)19-21-7-2-1-3-8-21;/h1-5,7-10,12-15H,6,11,16-20H2,(H,34,36);1H. The van der Waals surface area contributed by atoms with Gasteiger partial charge in [0.25, 0.3) is 0 Å². The Morgan fingerprint density at radius 2 is 1.77 bits per heavy atom. The molecule has 3 heterocycles. The van der Waals surface area contributed by atoms with E-state index < -0.39 is 0 Å². The first-order valence-electron chi connectivity index (χ1n) is 13.1. The van der Waals surface area contributed by atoms with E-state index >= 15 is 0 Å². The van der Waals surface area contributed by atoms with Gasteiger partial charge in [-0.1, -0.05) is 54.1 Å². The maximum Gasteiger partial charge on any atom is 0.225 e. The van der Waals surface area contributed by atoms with Crippen molar-refractivity contribution in [3.8, 4) is 10.6 Å². The summed E-state index contributed by atoms with van der Waals surface area (Å²) in [5, 5.41) is 5.96. The molecule has 206 valence electrons. The summed E-state index contributed by atoms with van der Waals surface area (Å²) in [6.45, 7) is 2.81. The maximum absolute atomic E-state index is 13.1. The van der Waals surface area contributed by atoms with Gasteiger partial charge in [0.15, 0.2) is 0 Å². The fourth-order valence-electron chi connectivity index (χ4n) is 4.87. The van der Waals surface area contributed by atoms with Crippen molar-refractivity contribution in [1.82, 2.24) is 9.88 Å². The van der Waals surface area contributed by atoms with Crippen LogP contribution in [0.4, 0.5) is 5.00 Å². The van der Waals surface area contributed by atoms with Gasteiger partial charge in [-0.05, 0) is 66.1 Å². The van der Waals surface area contributed by atoms with Gasteiger partial charge in [-0.3, -0.25) is 9.69 Å². The summed E-state index contributed by atoms with van der Waals surface area (Å²) < 4.78 is 1.17. The van der Waals surface area contributed by atoms with Crippen LogP contribution in [0.15, 0.2) is 83.8 Å². The molecule has 1 N–H and O–H groups in total. The van der Waals surface area contributed by atoms with Crippen LogP contribution >= 0.6 is 58.4 Å². The molecule has 6 rings (SSSR count). The van der Waals surface area contributed by atoms with E-state index in [4.69, 9.17) is 16.6 Å². The van der Waals surface area contributed by atoms with Crippen molar-refractivity contribution < 1.29 is 4.79 Å². The van der Waals surface area contributed by atoms with Crippen LogP contribution in [-0.4, -0.2) is 28.1 Å². The number of para-hydroxylation sites is 1. The third-order valence-corrected chi connectivity index (χ3v) is 10.3. The molecule has 0 bridgehead atoms. The van der Waals surface area contributed by atoms with E-state index in [1.54, 1.807) is 34.4 Å². The Morgan fingerprint density at radius 1 is 1.00 bits per heavy atom. The molecular formula is C31H29Cl2N3OS3. The van der Waals surface area contributed by atoms with Crippen LogP contribution in [0.3, 0.4) is 0 Å². The second-order valence-electron chi connectivity index (χ2n) is 9.60. The molecule has 0 atom stereocenters. The number of carbonyl (C=O) groups excluding carboxylic acids is 1. The number of fused-ring (bicyclic) bond motifs is 2. The first-order chi connectivity index (χ1) is 19.1. The highest BCUT2D eigenvalue weighted by Crippen LogP contribution is 2.46. The van der Waals surface area contributed by atoms with E-state index in [0.29, 0.717) is 6.42 Å². The number of thiazole rings is 1. The van der Waals surface area contributed by atoms with Crippen LogP contribution in [0.1, 0.15) is 28.8 Å². The van der Waals surface area contributed by atoms with Gasteiger partial charge in [-0.25, -0.2) is 4.98 Å². The third kappa shape index (κ3) is 6.90. The van der Waals surface area contributed by atoms with Gasteiger partial charge in [-0.15, -0.1) is 46.8 Å². The predicted octanol–water partition coefficient (Wildman–Crippen LogP) is 9.17. The number of thiophene rings is 1. The molecular weight excluding hydrogens is 597 g/mol. The van der Waals surface area contributed by atoms with E-state index in [9.17, 15) is 4.79 Å². The summed E-state index contributed by atoms with van der Waals surface area (Å²) in [5.74, 6) is 0.948. The van der Waals surface area contributed by atoms with Gasteiger partial charge >= 0.3 is 0 Å². The minimum Gasteiger partial charge on any atom is -0.317 e. The Morgan fingerprint density at radius 3 is 2.58 bits per heavy atom. The normalized spacial score (nSPS) is 13.1. The fraction of sp³-hybridized carbons (Fsp3) is 0.226. The quantitative estimate of drug-likeness (QED) is 0.131. The first-order valence-corrected chi connectivity index (χ1v) is 16.1. The zero-order valence-corrected chi connectivity index (χ0v) is 25.8. The lowest BCUT2D eigenvalue weighted by Crippen LogP contribution is -2.29. The Balaban J connectivity index is 0.00000323. The van der Waals surface area contributed by atoms with Gasteiger partial charge in [0.05, 0.1) is 10.2 Å². The van der Waals surface area contributed by atoms with E-state index in [1.807, 2.05) is 30.3 Å².